The van der Waals surface area contributed by atoms with Gasteiger partial charge in [-0.3, -0.25) is 10.1 Å². The van der Waals surface area contributed by atoms with E-state index >= 15 is 0 Å². The zero-order valence-corrected chi connectivity index (χ0v) is 15.2. The zero-order valence-electron chi connectivity index (χ0n) is 15.2. The number of nitro groups is 1. The predicted molar refractivity (Wildman–Crippen MR) is 103 cm³/mol. The van der Waals surface area contributed by atoms with Gasteiger partial charge in [0.05, 0.1) is 4.92 Å². The first-order chi connectivity index (χ1) is 12.5. The van der Waals surface area contributed by atoms with Gasteiger partial charge >= 0.3 is 5.69 Å². The Morgan fingerprint density at radius 2 is 1.73 bits per heavy atom. The molecule has 1 aliphatic rings. The zero-order chi connectivity index (χ0) is 18.5. The van der Waals surface area contributed by atoms with Gasteiger partial charge in [-0.15, -0.1) is 0 Å². The fraction of sp³-hybridized carbons (Fsp3) is 0.474. The number of anilines is 3. The molecule has 3 rings (SSSR count). The van der Waals surface area contributed by atoms with E-state index in [1.165, 1.54) is 18.3 Å². The second-order valence-electron chi connectivity index (χ2n) is 7.06. The van der Waals surface area contributed by atoms with Crippen LogP contribution < -0.4 is 10.6 Å². The Hall–Kier alpha value is -2.70. The predicted octanol–water partition coefficient (Wildman–Crippen LogP) is 5.00. The van der Waals surface area contributed by atoms with Crippen molar-refractivity contribution in [3.63, 3.8) is 0 Å². The largest absolute Gasteiger partial charge is 0.361 e. The Bertz CT molecular complexity index is 755. The molecule has 1 saturated carbocycles. The molecule has 0 spiro atoms. The van der Waals surface area contributed by atoms with Crippen LogP contribution in [0.2, 0.25) is 0 Å². The van der Waals surface area contributed by atoms with E-state index in [1.54, 1.807) is 0 Å². The smallest absolute Gasteiger partial charge is 0.353 e. The molecule has 0 amide bonds. The minimum atomic E-state index is -0.421. The highest BCUT2D eigenvalue weighted by Crippen LogP contribution is 2.33. The van der Waals surface area contributed by atoms with Crippen LogP contribution in [0.3, 0.4) is 0 Å². The molecular weight excluding hydrogens is 330 g/mol. The summed E-state index contributed by atoms with van der Waals surface area (Å²) in [5.41, 5.74) is 1.87. The van der Waals surface area contributed by atoms with Crippen molar-refractivity contribution in [3.05, 3.63) is 46.3 Å². The Morgan fingerprint density at radius 3 is 2.35 bits per heavy atom. The van der Waals surface area contributed by atoms with Crippen molar-refractivity contribution < 1.29 is 4.92 Å². The average Bonchev–Trinajstić information content (AvgIpc) is 2.63. The van der Waals surface area contributed by atoms with E-state index in [0.717, 1.165) is 31.4 Å². The number of benzene rings is 1. The van der Waals surface area contributed by atoms with Crippen molar-refractivity contribution in [3.8, 4) is 0 Å². The SMILES string of the molecule is CC(C)c1ccc(Nc2ncnc(NC3CCCCC3)c2[N+](=O)[O-])cc1. The lowest BCUT2D eigenvalue weighted by Gasteiger charge is -2.23. The number of nitrogens with one attached hydrogen (secondary N) is 2. The molecule has 138 valence electrons. The monoisotopic (exact) mass is 355 g/mol. The number of nitrogens with zero attached hydrogens (tertiary/aromatic N) is 3. The van der Waals surface area contributed by atoms with Gasteiger partial charge in [-0.05, 0) is 36.5 Å². The van der Waals surface area contributed by atoms with Crippen molar-refractivity contribution in [2.24, 2.45) is 0 Å². The summed E-state index contributed by atoms with van der Waals surface area (Å²) in [6.07, 6.45) is 6.90. The molecule has 1 aliphatic carbocycles. The third-order valence-corrected chi connectivity index (χ3v) is 4.79. The van der Waals surface area contributed by atoms with Crippen LogP contribution >= 0.6 is 0 Å². The van der Waals surface area contributed by atoms with E-state index in [0.29, 0.717) is 11.7 Å². The Kier molecular flexibility index (Phi) is 5.65. The van der Waals surface area contributed by atoms with Gasteiger partial charge in [-0.2, -0.15) is 0 Å². The van der Waals surface area contributed by atoms with Crippen molar-refractivity contribution in [1.82, 2.24) is 9.97 Å². The van der Waals surface area contributed by atoms with Crippen LogP contribution in [0.15, 0.2) is 30.6 Å². The minimum absolute atomic E-state index is 0.106. The summed E-state index contributed by atoms with van der Waals surface area (Å²) in [5, 5.41) is 18.0. The lowest BCUT2D eigenvalue weighted by atomic mass is 9.95. The van der Waals surface area contributed by atoms with E-state index in [2.05, 4.69) is 34.4 Å². The summed E-state index contributed by atoms with van der Waals surface area (Å²) in [7, 11) is 0. The molecule has 7 heteroatoms. The number of hydrogen-bond acceptors (Lipinski definition) is 6. The molecule has 0 saturated heterocycles. The lowest BCUT2D eigenvalue weighted by Crippen LogP contribution is -2.23. The first kappa shape index (κ1) is 18.1. The standard InChI is InChI=1S/C19H25N5O2/c1-13(2)14-8-10-16(11-9-14)23-19-17(24(25)26)18(20-12-21-19)22-15-6-4-3-5-7-15/h8-13,15H,3-7H2,1-2H3,(H2,20,21,22,23). The Labute approximate surface area is 153 Å². The van der Waals surface area contributed by atoms with Crippen LogP contribution in [0.25, 0.3) is 0 Å². The van der Waals surface area contributed by atoms with Crippen molar-refractivity contribution in [2.75, 3.05) is 10.6 Å². The second kappa shape index (κ2) is 8.12. The Balaban J connectivity index is 1.84. The molecule has 1 fully saturated rings. The summed E-state index contributed by atoms with van der Waals surface area (Å²) >= 11 is 0. The molecule has 2 N–H and O–H groups in total. The summed E-state index contributed by atoms with van der Waals surface area (Å²) in [6.45, 7) is 4.25. The summed E-state index contributed by atoms with van der Waals surface area (Å²) in [6, 6.07) is 8.09. The van der Waals surface area contributed by atoms with Gasteiger partial charge in [-0.1, -0.05) is 45.2 Å². The van der Waals surface area contributed by atoms with Crippen LogP contribution in [-0.2, 0) is 0 Å². The van der Waals surface area contributed by atoms with E-state index in [-0.39, 0.29) is 17.5 Å². The molecule has 0 radical (unpaired) electrons. The van der Waals surface area contributed by atoms with Crippen LogP contribution in [0, 0.1) is 10.1 Å². The maximum Gasteiger partial charge on any atom is 0.353 e. The minimum Gasteiger partial charge on any atom is -0.361 e. The number of rotatable bonds is 6. The molecule has 1 aromatic carbocycles. The van der Waals surface area contributed by atoms with Gasteiger partial charge in [0.25, 0.3) is 0 Å². The molecule has 0 aliphatic heterocycles. The van der Waals surface area contributed by atoms with Gasteiger partial charge in [0, 0.05) is 11.7 Å². The van der Waals surface area contributed by atoms with E-state index in [4.69, 9.17) is 0 Å². The molecule has 7 nitrogen and oxygen atoms in total. The summed E-state index contributed by atoms with van der Waals surface area (Å²) in [4.78, 5) is 19.5. The average molecular weight is 355 g/mol. The molecule has 1 heterocycles. The van der Waals surface area contributed by atoms with Gasteiger partial charge in [0.15, 0.2) is 0 Å². The summed E-state index contributed by atoms with van der Waals surface area (Å²) in [5.74, 6) is 0.933. The topological polar surface area (TPSA) is 93.0 Å². The molecule has 2 aromatic rings. The highest BCUT2D eigenvalue weighted by atomic mass is 16.6. The van der Waals surface area contributed by atoms with Gasteiger partial charge in [0.1, 0.15) is 6.33 Å². The molecule has 0 bridgehead atoms. The van der Waals surface area contributed by atoms with Crippen LogP contribution in [-0.4, -0.2) is 20.9 Å². The highest BCUT2D eigenvalue weighted by molar-refractivity contribution is 5.73. The Morgan fingerprint density at radius 1 is 1.08 bits per heavy atom. The molecule has 0 atom stereocenters. The maximum atomic E-state index is 11.7. The fourth-order valence-corrected chi connectivity index (χ4v) is 3.28. The van der Waals surface area contributed by atoms with Gasteiger partial charge < -0.3 is 10.6 Å². The van der Waals surface area contributed by atoms with Crippen molar-refractivity contribution in [2.45, 2.75) is 57.9 Å². The van der Waals surface area contributed by atoms with Crippen LogP contribution in [0.1, 0.15) is 57.4 Å². The molecule has 1 aromatic heterocycles. The van der Waals surface area contributed by atoms with Crippen LogP contribution in [0.5, 0.6) is 0 Å². The van der Waals surface area contributed by atoms with E-state index < -0.39 is 4.92 Å². The third kappa shape index (κ3) is 4.28. The molecule has 26 heavy (non-hydrogen) atoms. The number of hydrogen-bond donors (Lipinski definition) is 2. The first-order valence-corrected chi connectivity index (χ1v) is 9.17. The third-order valence-electron chi connectivity index (χ3n) is 4.79. The van der Waals surface area contributed by atoms with Gasteiger partial charge in [0.2, 0.25) is 11.6 Å². The lowest BCUT2D eigenvalue weighted by molar-refractivity contribution is -0.383. The second-order valence-corrected chi connectivity index (χ2v) is 7.06. The van der Waals surface area contributed by atoms with E-state index in [9.17, 15) is 10.1 Å². The van der Waals surface area contributed by atoms with Gasteiger partial charge in [-0.25, -0.2) is 9.97 Å². The molecule has 0 unspecified atom stereocenters. The van der Waals surface area contributed by atoms with Crippen LogP contribution in [0.4, 0.5) is 23.0 Å². The summed E-state index contributed by atoms with van der Waals surface area (Å²) < 4.78 is 0. The maximum absolute atomic E-state index is 11.7. The fourth-order valence-electron chi connectivity index (χ4n) is 3.28. The van der Waals surface area contributed by atoms with Crippen molar-refractivity contribution in [1.29, 1.82) is 0 Å². The highest BCUT2D eigenvalue weighted by Gasteiger charge is 2.25. The number of aromatic nitrogens is 2. The molecular formula is C19H25N5O2. The normalized spacial score (nSPS) is 15.0. The van der Waals surface area contributed by atoms with Crippen molar-refractivity contribution >= 4 is 23.0 Å². The quantitative estimate of drug-likeness (QED) is 0.560. The van der Waals surface area contributed by atoms with E-state index in [1.807, 2.05) is 24.3 Å². The first-order valence-electron chi connectivity index (χ1n) is 9.17.